The van der Waals surface area contributed by atoms with Crippen molar-refractivity contribution in [3.63, 3.8) is 0 Å². The first-order valence-electron chi connectivity index (χ1n) is 7.81. The summed E-state index contributed by atoms with van der Waals surface area (Å²) in [4.78, 5) is 4.01. The van der Waals surface area contributed by atoms with Crippen molar-refractivity contribution in [2.75, 3.05) is 13.7 Å². The van der Waals surface area contributed by atoms with Gasteiger partial charge in [0.25, 0.3) is 0 Å². The van der Waals surface area contributed by atoms with Crippen LogP contribution >= 0.6 is 0 Å². The molecule has 1 fully saturated rings. The first-order chi connectivity index (χ1) is 9.92. The third-order valence-electron chi connectivity index (χ3n) is 4.85. The molecule has 0 saturated heterocycles. The van der Waals surface area contributed by atoms with E-state index in [-0.39, 0.29) is 17.5 Å². The molecule has 4 heteroatoms. The summed E-state index contributed by atoms with van der Waals surface area (Å²) in [7, 11) is 1.77. The van der Waals surface area contributed by atoms with E-state index in [2.05, 4.69) is 31.1 Å². The minimum Gasteiger partial charge on any atom is -0.376 e. The van der Waals surface area contributed by atoms with Gasteiger partial charge in [0.1, 0.15) is 5.82 Å². The topological polar surface area (TPSA) is 34.2 Å². The summed E-state index contributed by atoms with van der Waals surface area (Å²) in [6, 6.07) is 1.55. The number of pyridine rings is 1. The van der Waals surface area contributed by atoms with Gasteiger partial charge in [-0.25, -0.2) is 4.39 Å². The summed E-state index contributed by atoms with van der Waals surface area (Å²) in [6.07, 6.45) is 7.18. The Labute approximate surface area is 127 Å². The zero-order chi connectivity index (χ0) is 15.5. The molecule has 2 rings (SSSR count). The number of hydrogen-bond acceptors (Lipinski definition) is 3. The highest BCUT2D eigenvalue weighted by atomic mass is 19.1. The van der Waals surface area contributed by atoms with Gasteiger partial charge < -0.3 is 10.1 Å². The van der Waals surface area contributed by atoms with Crippen molar-refractivity contribution >= 4 is 0 Å². The zero-order valence-corrected chi connectivity index (χ0v) is 13.6. The van der Waals surface area contributed by atoms with E-state index in [4.69, 9.17) is 4.74 Å². The fraction of sp³-hybridized carbons (Fsp3) is 0.706. The van der Waals surface area contributed by atoms with Crippen LogP contribution in [-0.2, 0) is 4.74 Å². The Balaban J connectivity index is 2.31. The van der Waals surface area contributed by atoms with Crippen LogP contribution in [0.2, 0.25) is 0 Å². The van der Waals surface area contributed by atoms with Crippen molar-refractivity contribution in [3.8, 4) is 0 Å². The van der Waals surface area contributed by atoms with Crippen LogP contribution < -0.4 is 5.32 Å². The largest absolute Gasteiger partial charge is 0.376 e. The van der Waals surface area contributed by atoms with Gasteiger partial charge >= 0.3 is 0 Å². The van der Waals surface area contributed by atoms with Crippen LogP contribution in [0.4, 0.5) is 4.39 Å². The van der Waals surface area contributed by atoms with E-state index in [1.807, 2.05) is 0 Å². The minimum atomic E-state index is -0.294. The molecule has 1 aromatic rings. The van der Waals surface area contributed by atoms with Crippen molar-refractivity contribution in [2.45, 2.75) is 58.1 Å². The Morgan fingerprint density at radius 3 is 2.48 bits per heavy atom. The fourth-order valence-electron chi connectivity index (χ4n) is 3.36. The predicted octanol–water partition coefficient (Wildman–Crippen LogP) is 3.86. The summed E-state index contributed by atoms with van der Waals surface area (Å²) in [6.45, 7) is 7.49. The highest BCUT2D eigenvalue weighted by Crippen LogP contribution is 2.47. The van der Waals surface area contributed by atoms with Crippen LogP contribution in [0.1, 0.15) is 58.1 Å². The molecule has 1 aliphatic carbocycles. The third kappa shape index (κ3) is 3.61. The molecule has 1 heterocycles. The number of ether oxygens (including phenoxy) is 1. The van der Waals surface area contributed by atoms with Gasteiger partial charge in [0.15, 0.2) is 0 Å². The number of nitrogens with zero attached hydrogens (tertiary/aromatic N) is 1. The molecule has 0 spiro atoms. The SMILES string of the molecule is CCNC(c1cncc(F)c1)C1(OC)CCC(C)(C)CC1. The van der Waals surface area contributed by atoms with E-state index < -0.39 is 0 Å². The number of aromatic nitrogens is 1. The third-order valence-corrected chi connectivity index (χ3v) is 4.85. The zero-order valence-electron chi connectivity index (χ0n) is 13.6. The molecule has 118 valence electrons. The maximum Gasteiger partial charge on any atom is 0.141 e. The maximum atomic E-state index is 13.6. The molecule has 1 aromatic heterocycles. The van der Waals surface area contributed by atoms with Crippen LogP contribution in [0.15, 0.2) is 18.5 Å². The average molecular weight is 294 g/mol. The van der Waals surface area contributed by atoms with Gasteiger partial charge in [-0.3, -0.25) is 4.98 Å². The molecule has 0 radical (unpaired) electrons. The molecular weight excluding hydrogens is 267 g/mol. The van der Waals surface area contributed by atoms with E-state index >= 15 is 0 Å². The summed E-state index contributed by atoms with van der Waals surface area (Å²) in [5.41, 5.74) is 0.957. The first-order valence-corrected chi connectivity index (χ1v) is 7.81. The van der Waals surface area contributed by atoms with Crippen molar-refractivity contribution in [1.29, 1.82) is 0 Å². The number of methoxy groups -OCH3 is 1. The standard InChI is InChI=1S/C17H27FN2O/c1-5-20-15(13-10-14(18)12-19-11-13)17(21-4)8-6-16(2,3)7-9-17/h10-12,15,20H,5-9H2,1-4H3. The van der Waals surface area contributed by atoms with Crippen molar-refractivity contribution in [3.05, 3.63) is 29.8 Å². The van der Waals surface area contributed by atoms with Crippen LogP contribution in [0.3, 0.4) is 0 Å². The summed E-state index contributed by atoms with van der Waals surface area (Å²) < 4.78 is 19.5. The van der Waals surface area contributed by atoms with Gasteiger partial charge in [-0.15, -0.1) is 0 Å². The lowest BCUT2D eigenvalue weighted by Crippen LogP contribution is -2.49. The second-order valence-electron chi connectivity index (χ2n) is 6.86. The molecule has 0 aliphatic heterocycles. The van der Waals surface area contributed by atoms with Gasteiger partial charge in [0, 0.05) is 13.3 Å². The van der Waals surface area contributed by atoms with Crippen molar-refractivity contribution < 1.29 is 9.13 Å². The fourth-order valence-corrected chi connectivity index (χ4v) is 3.36. The van der Waals surface area contributed by atoms with Gasteiger partial charge in [-0.05, 0) is 49.3 Å². The smallest absolute Gasteiger partial charge is 0.141 e. The van der Waals surface area contributed by atoms with Gasteiger partial charge in [-0.2, -0.15) is 0 Å². The number of likely N-dealkylation sites (N-methyl/N-ethyl adjacent to an activating group) is 1. The Morgan fingerprint density at radius 1 is 1.29 bits per heavy atom. The van der Waals surface area contributed by atoms with E-state index in [9.17, 15) is 4.39 Å². The molecule has 1 aliphatic rings. The second kappa shape index (κ2) is 6.41. The summed E-state index contributed by atoms with van der Waals surface area (Å²) in [5, 5.41) is 3.48. The number of halogens is 1. The van der Waals surface area contributed by atoms with Crippen molar-refractivity contribution in [1.82, 2.24) is 10.3 Å². The van der Waals surface area contributed by atoms with Crippen LogP contribution in [-0.4, -0.2) is 24.2 Å². The molecule has 21 heavy (non-hydrogen) atoms. The van der Waals surface area contributed by atoms with E-state index in [0.717, 1.165) is 37.8 Å². The van der Waals surface area contributed by atoms with E-state index in [0.29, 0.717) is 5.41 Å². The Hall–Kier alpha value is -1.00. The lowest BCUT2D eigenvalue weighted by Gasteiger charge is -2.47. The Morgan fingerprint density at radius 2 is 1.95 bits per heavy atom. The number of rotatable bonds is 5. The van der Waals surface area contributed by atoms with Gasteiger partial charge in [0.05, 0.1) is 17.8 Å². The van der Waals surface area contributed by atoms with Gasteiger partial charge in [0.2, 0.25) is 0 Å². The quantitative estimate of drug-likeness (QED) is 0.895. The lowest BCUT2D eigenvalue weighted by atomic mass is 9.67. The molecule has 1 unspecified atom stereocenters. The average Bonchev–Trinajstić information content (AvgIpc) is 2.46. The Bertz CT molecular complexity index is 466. The second-order valence-corrected chi connectivity index (χ2v) is 6.86. The molecule has 1 N–H and O–H groups in total. The number of hydrogen-bond donors (Lipinski definition) is 1. The van der Waals surface area contributed by atoms with Crippen LogP contribution in [0.5, 0.6) is 0 Å². The molecule has 1 atom stereocenters. The molecular formula is C17H27FN2O. The normalized spacial score (nSPS) is 22.0. The molecule has 1 saturated carbocycles. The molecule has 0 aromatic carbocycles. The van der Waals surface area contributed by atoms with Gasteiger partial charge in [-0.1, -0.05) is 20.8 Å². The van der Waals surface area contributed by atoms with E-state index in [1.54, 1.807) is 19.4 Å². The highest BCUT2D eigenvalue weighted by molar-refractivity contribution is 5.20. The minimum absolute atomic E-state index is 0.0215. The first kappa shape index (κ1) is 16.4. The van der Waals surface area contributed by atoms with E-state index in [1.165, 1.54) is 6.20 Å². The molecule has 0 bridgehead atoms. The summed E-state index contributed by atoms with van der Waals surface area (Å²) in [5.74, 6) is -0.294. The maximum absolute atomic E-state index is 13.6. The summed E-state index contributed by atoms with van der Waals surface area (Å²) >= 11 is 0. The highest BCUT2D eigenvalue weighted by Gasteiger charge is 2.44. The van der Waals surface area contributed by atoms with Crippen LogP contribution in [0, 0.1) is 11.2 Å². The predicted molar refractivity (Wildman–Crippen MR) is 82.6 cm³/mol. The van der Waals surface area contributed by atoms with Crippen LogP contribution in [0.25, 0.3) is 0 Å². The molecule has 0 amide bonds. The lowest BCUT2D eigenvalue weighted by molar-refractivity contribution is -0.0874. The number of nitrogens with one attached hydrogen (secondary N) is 1. The van der Waals surface area contributed by atoms with Crippen molar-refractivity contribution in [2.24, 2.45) is 5.41 Å². The molecule has 3 nitrogen and oxygen atoms in total. The monoisotopic (exact) mass is 294 g/mol. The Kier molecular flexibility index (Phi) is 4.99.